The molecule has 2 aliphatic rings. The number of rotatable bonds is 11. The van der Waals surface area contributed by atoms with Crippen LogP contribution in [0, 0.1) is 5.41 Å². The molecule has 0 saturated carbocycles. The van der Waals surface area contributed by atoms with Crippen LogP contribution in [0.2, 0.25) is 0 Å². The molecule has 35 heavy (non-hydrogen) atoms. The van der Waals surface area contributed by atoms with Crippen molar-refractivity contribution in [3.05, 3.63) is 11.3 Å². The number of fused-ring (bicyclic) bond motifs is 1. The molecular weight excluding hydrogens is 506 g/mol. The molecule has 1 unspecified atom stereocenters. The first-order valence-corrected chi connectivity index (χ1v) is 12.2. The van der Waals surface area contributed by atoms with Crippen LogP contribution in [0.5, 0.6) is 0 Å². The molecule has 0 radical (unpaired) electrons. The molecule has 194 valence electrons. The third-order valence-corrected chi connectivity index (χ3v) is 6.31. The van der Waals surface area contributed by atoms with E-state index >= 15 is 0 Å². The highest BCUT2D eigenvalue weighted by atomic mass is 35.5. The van der Waals surface area contributed by atoms with Gasteiger partial charge in [-0.25, -0.2) is 4.79 Å². The Hall–Kier alpha value is -2.64. The number of hydrogen-bond acceptors (Lipinski definition) is 11. The van der Waals surface area contributed by atoms with Crippen LogP contribution in [0.25, 0.3) is 0 Å². The van der Waals surface area contributed by atoms with Crippen molar-refractivity contribution in [2.75, 3.05) is 38.7 Å². The number of Topliss-reactive ketones (excluding diaryl/α,β-unsaturated/α-hetero) is 1. The predicted molar refractivity (Wildman–Crippen MR) is 125 cm³/mol. The van der Waals surface area contributed by atoms with Crippen LogP contribution in [0.4, 0.5) is 0 Å². The molecule has 2 rings (SSSR count). The Morgan fingerprint density at radius 1 is 1.23 bits per heavy atom. The maximum Gasteiger partial charge on any atom is 0.358 e. The number of ether oxygens (including phenoxy) is 3. The van der Waals surface area contributed by atoms with Gasteiger partial charge in [0.1, 0.15) is 23.7 Å². The number of alkyl halides is 1. The average Bonchev–Trinajstić information content (AvgIpc) is 2.81. The number of amides is 2. The third-order valence-electron chi connectivity index (χ3n) is 4.72. The van der Waals surface area contributed by atoms with Crippen molar-refractivity contribution < 1.29 is 43.0 Å². The molecule has 2 heterocycles. The van der Waals surface area contributed by atoms with E-state index in [0.29, 0.717) is 11.3 Å². The monoisotopic (exact) mass is 533 g/mol. The van der Waals surface area contributed by atoms with Crippen molar-refractivity contribution in [3.63, 3.8) is 0 Å². The number of ketones is 1. The van der Waals surface area contributed by atoms with Crippen molar-refractivity contribution in [3.8, 4) is 0 Å². The van der Waals surface area contributed by atoms with Crippen LogP contribution < -0.4 is 5.32 Å². The lowest BCUT2D eigenvalue weighted by molar-refractivity contribution is -0.173. The van der Waals surface area contributed by atoms with E-state index in [-0.39, 0.29) is 18.9 Å². The van der Waals surface area contributed by atoms with Crippen molar-refractivity contribution in [1.29, 1.82) is 0 Å². The van der Waals surface area contributed by atoms with Crippen LogP contribution in [0.15, 0.2) is 16.4 Å². The summed E-state index contributed by atoms with van der Waals surface area (Å²) in [5.74, 6) is -3.92. The Balaban J connectivity index is 2.15. The maximum absolute atomic E-state index is 12.9. The van der Waals surface area contributed by atoms with Gasteiger partial charge in [0.25, 0.3) is 11.8 Å². The highest BCUT2D eigenvalue weighted by molar-refractivity contribution is 8.00. The topological polar surface area (TPSA) is 150 Å². The average molecular weight is 534 g/mol. The van der Waals surface area contributed by atoms with E-state index in [4.69, 9.17) is 30.6 Å². The number of carbonyl (C=O) groups is 5. The zero-order valence-electron chi connectivity index (χ0n) is 20.0. The Morgan fingerprint density at radius 2 is 1.91 bits per heavy atom. The molecule has 0 spiro atoms. The number of hydrogen-bond donors (Lipinski definition) is 1. The maximum atomic E-state index is 12.9. The van der Waals surface area contributed by atoms with Gasteiger partial charge in [-0.3, -0.25) is 24.1 Å². The quantitative estimate of drug-likeness (QED) is 0.0759. The summed E-state index contributed by atoms with van der Waals surface area (Å²) in [6.45, 7) is 6.11. The fourth-order valence-corrected chi connectivity index (χ4v) is 4.45. The molecule has 2 amide bonds. The lowest BCUT2D eigenvalue weighted by atomic mass is 9.98. The zero-order chi connectivity index (χ0) is 26.3. The zero-order valence-corrected chi connectivity index (χ0v) is 21.6. The van der Waals surface area contributed by atoms with Gasteiger partial charge in [0, 0.05) is 12.9 Å². The molecule has 2 atom stereocenters. The van der Waals surface area contributed by atoms with Crippen molar-refractivity contribution in [2.45, 2.75) is 39.1 Å². The second-order valence-electron chi connectivity index (χ2n) is 8.39. The van der Waals surface area contributed by atoms with Gasteiger partial charge in [-0.2, -0.15) is 0 Å². The van der Waals surface area contributed by atoms with Gasteiger partial charge < -0.3 is 24.4 Å². The molecule has 2 aliphatic heterocycles. The van der Waals surface area contributed by atoms with E-state index in [9.17, 15) is 24.0 Å². The number of thioether (sulfide) groups is 1. The Bertz CT molecular complexity index is 945. The number of β-lactam (4-membered cyclic amide) rings is 1. The van der Waals surface area contributed by atoms with Crippen molar-refractivity contribution >= 4 is 58.6 Å². The summed E-state index contributed by atoms with van der Waals surface area (Å²) in [5, 5.41) is 5.30. The minimum Gasteiger partial charge on any atom is -0.427 e. The standard InChI is InChI=1S/C21H28ClN3O9S/c1-6-34-24-13(12(26)7-22)16(27)23-14-17(28)25-15(11(8-31-5)9-35-18(14)25)19(29)32-10-33-20(30)21(2,3)4/h14,18H,6-10H2,1-5H3,(H,23,27)/t14?,18-/m1/s1. The minimum absolute atomic E-state index is 0.0436. The van der Waals surface area contributed by atoms with Crippen LogP contribution in [0.3, 0.4) is 0 Å². The smallest absolute Gasteiger partial charge is 0.358 e. The lowest BCUT2D eigenvalue weighted by Gasteiger charge is -2.49. The molecule has 1 fully saturated rings. The summed E-state index contributed by atoms with van der Waals surface area (Å²) in [7, 11) is 1.44. The second-order valence-corrected chi connectivity index (χ2v) is 9.76. The summed E-state index contributed by atoms with van der Waals surface area (Å²) in [4.78, 5) is 68.2. The lowest BCUT2D eigenvalue weighted by Crippen LogP contribution is -2.71. The summed E-state index contributed by atoms with van der Waals surface area (Å²) in [6, 6.07) is -1.03. The summed E-state index contributed by atoms with van der Waals surface area (Å²) in [5.41, 5.74) is -0.897. The number of halogens is 1. The number of methoxy groups -OCH3 is 1. The van der Waals surface area contributed by atoms with E-state index in [1.165, 1.54) is 23.8 Å². The molecule has 14 heteroatoms. The summed E-state index contributed by atoms with van der Waals surface area (Å²) < 4.78 is 15.2. The molecule has 0 aliphatic carbocycles. The highest BCUT2D eigenvalue weighted by Crippen LogP contribution is 2.40. The molecule has 1 N–H and O–H groups in total. The van der Waals surface area contributed by atoms with Gasteiger partial charge >= 0.3 is 11.9 Å². The molecule has 0 aromatic heterocycles. The molecule has 0 aromatic carbocycles. The van der Waals surface area contributed by atoms with Crippen molar-refractivity contribution in [1.82, 2.24) is 10.2 Å². The molecule has 0 bridgehead atoms. The second kappa shape index (κ2) is 12.4. The number of nitrogens with zero attached hydrogens (tertiary/aromatic N) is 2. The minimum atomic E-state index is -1.03. The first kappa shape index (κ1) is 28.6. The van der Waals surface area contributed by atoms with Crippen LogP contribution >= 0.6 is 23.4 Å². The first-order valence-electron chi connectivity index (χ1n) is 10.6. The molecule has 1 saturated heterocycles. The number of esters is 2. The van der Waals surface area contributed by atoms with E-state index in [1.807, 2.05) is 0 Å². The number of oxime groups is 1. The van der Waals surface area contributed by atoms with E-state index < -0.39 is 64.8 Å². The Morgan fingerprint density at radius 3 is 2.49 bits per heavy atom. The normalized spacial score (nSPS) is 20.0. The molecule has 0 aromatic rings. The summed E-state index contributed by atoms with van der Waals surface area (Å²) in [6.07, 6.45) is 0. The van der Waals surface area contributed by atoms with E-state index in [1.54, 1.807) is 27.7 Å². The first-order chi connectivity index (χ1) is 16.5. The van der Waals surface area contributed by atoms with E-state index in [2.05, 4.69) is 10.5 Å². The summed E-state index contributed by atoms with van der Waals surface area (Å²) >= 11 is 6.82. The SMILES string of the molecule is CCON=C(C(=O)CCl)C(=O)NC1C(=O)N2C(C(=O)OCOC(=O)C(C)(C)C)=C(COC)CS[C@H]12. The van der Waals surface area contributed by atoms with Crippen LogP contribution in [-0.2, 0) is 43.0 Å². The third kappa shape index (κ3) is 6.73. The fraction of sp³-hybridized carbons (Fsp3) is 0.619. The number of carbonyl (C=O) groups excluding carboxylic acids is 5. The predicted octanol–water partition coefficient (Wildman–Crippen LogP) is 0.577. The Labute approximate surface area is 211 Å². The van der Waals surface area contributed by atoms with Crippen LogP contribution in [0.1, 0.15) is 27.7 Å². The largest absolute Gasteiger partial charge is 0.427 e. The van der Waals surface area contributed by atoms with Gasteiger partial charge in [0.2, 0.25) is 18.3 Å². The highest BCUT2D eigenvalue weighted by Gasteiger charge is 2.54. The van der Waals surface area contributed by atoms with Crippen LogP contribution in [-0.4, -0.2) is 90.3 Å². The molecule has 12 nitrogen and oxygen atoms in total. The molecular formula is C21H28ClN3O9S. The van der Waals surface area contributed by atoms with E-state index in [0.717, 1.165) is 0 Å². The van der Waals surface area contributed by atoms with Gasteiger partial charge in [0.05, 0.1) is 17.9 Å². The number of nitrogens with one attached hydrogen (secondary N) is 1. The van der Waals surface area contributed by atoms with Gasteiger partial charge in [-0.05, 0) is 33.3 Å². The van der Waals surface area contributed by atoms with Crippen molar-refractivity contribution in [2.24, 2.45) is 10.6 Å². The van der Waals surface area contributed by atoms with Gasteiger partial charge in [0.15, 0.2) is 0 Å². The van der Waals surface area contributed by atoms with Gasteiger partial charge in [-0.15, -0.1) is 23.4 Å². The Kier molecular flexibility index (Phi) is 10.1. The van der Waals surface area contributed by atoms with Gasteiger partial charge in [-0.1, -0.05) is 5.16 Å². The fourth-order valence-electron chi connectivity index (χ4n) is 3.00.